The van der Waals surface area contributed by atoms with Crippen molar-refractivity contribution in [3.05, 3.63) is 65.2 Å². The molecule has 1 heteroatoms. The number of anilines is 1. The fraction of sp³-hybridized carbons (Fsp3) is 0.250. The molecule has 0 N–H and O–H groups in total. The number of hydrogen-bond acceptors (Lipinski definition) is 1. The Bertz CT molecular complexity index is 588. The van der Waals surface area contributed by atoms with Crippen molar-refractivity contribution in [2.75, 3.05) is 11.9 Å². The van der Waals surface area contributed by atoms with E-state index >= 15 is 0 Å². The first-order chi connectivity index (χ1) is 8.36. The molecule has 1 aliphatic carbocycles. The van der Waals surface area contributed by atoms with Gasteiger partial charge in [0.1, 0.15) is 0 Å². The van der Waals surface area contributed by atoms with E-state index in [0.717, 1.165) is 0 Å². The van der Waals surface area contributed by atoms with Crippen molar-refractivity contribution in [3.63, 3.8) is 0 Å². The van der Waals surface area contributed by atoms with Crippen LogP contribution in [0.25, 0.3) is 0 Å². The molecule has 0 amide bonds. The lowest BCUT2D eigenvalue weighted by atomic mass is 9.93. The SMILES string of the molecule is CN1c2ccccc2[C@H]2c3ccccc3C[C@H]21. The minimum absolute atomic E-state index is 0.590. The lowest BCUT2D eigenvalue weighted by Gasteiger charge is -2.21. The second kappa shape index (κ2) is 3.13. The molecule has 84 valence electrons. The van der Waals surface area contributed by atoms with Crippen LogP contribution in [0.5, 0.6) is 0 Å². The molecule has 0 unspecified atom stereocenters. The van der Waals surface area contributed by atoms with E-state index in [-0.39, 0.29) is 0 Å². The maximum Gasteiger partial charge on any atom is 0.0437 e. The van der Waals surface area contributed by atoms with Crippen LogP contribution in [0.3, 0.4) is 0 Å². The van der Waals surface area contributed by atoms with E-state index in [2.05, 4.69) is 60.5 Å². The van der Waals surface area contributed by atoms with Gasteiger partial charge < -0.3 is 4.90 Å². The zero-order valence-corrected chi connectivity index (χ0v) is 9.93. The molecule has 0 fully saturated rings. The minimum Gasteiger partial charge on any atom is -0.370 e. The summed E-state index contributed by atoms with van der Waals surface area (Å²) in [5, 5.41) is 0. The van der Waals surface area contributed by atoms with Crippen LogP contribution in [-0.2, 0) is 6.42 Å². The topological polar surface area (TPSA) is 3.24 Å². The maximum atomic E-state index is 2.46. The Hall–Kier alpha value is -1.76. The van der Waals surface area contributed by atoms with Crippen molar-refractivity contribution >= 4 is 5.69 Å². The summed E-state index contributed by atoms with van der Waals surface area (Å²) in [5.74, 6) is 0.590. The minimum atomic E-state index is 0.590. The quantitative estimate of drug-likeness (QED) is 0.660. The van der Waals surface area contributed by atoms with Gasteiger partial charge in [0.15, 0.2) is 0 Å². The Morgan fingerprint density at radius 3 is 2.53 bits per heavy atom. The lowest BCUT2D eigenvalue weighted by Crippen LogP contribution is -2.28. The van der Waals surface area contributed by atoms with Gasteiger partial charge in [-0.25, -0.2) is 0 Å². The number of likely N-dealkylation sites (N-methyl/N-ethyl adjacent to an activating group) is 1. The van der Waals surface area contributed by atoms with E-state index in [1.807, 2.05) is 0 Å². The van der Waals surface area contributed by atoms with Crippen LogP contribution in [0.4, 0.5) is 5.69 Å². The second-order valence-electron chi connectivity index (χ2n) is 5.12. The van der Waals surface area contributed by atoms with Crippen molar-refractivity contribution in [1.29, 1.82) is 0 Å². The fourth-order valence-corrected chi connectivity index (χ4v) is 3.56. The highest BCUT2D eigenvalue weighted by molar-refractivity contribution is 5.67. The first-order valence-corrected chi connectivity index (χ1v) is 6.26. The summed E-state index contributed by atoms with van der Waals surface area (Å²) in [6.07, 6.45) is 1.19. The van der Waals surface area contributed by atoms with Gasteiger partial charge in [0.05, 0.1) is 0 Å². The predicted octanol–water partition coefficient (Wildman–Crippen LogP) is 3.19. The zero-order chi connectivity index (χ0) is 11.4. The summed E-state index contributed by atoms with van der Waals surface area (Å²) in [6, 6.07) is 18.4. The summed E-state index contributed by atoms with van der Waals surface area (Å²) in [7, 11) is 2.23. The molecular weight excluding hydrogens is 206 g/mol. The molecule has 1 heterocycles. The van der Waals surface area contributed by atoms with E-state index in [1.54, 1.807) is 0 Å². The van der Waals surface area contributed by atoms with Crippen molar-refractivity contribution in [2.24, 2.45) is 0 Å². The Morgan fingerprint density at radius 1 is 0.941 bits per heavy atom. The number of nitrogens with zero attached hydrogens (tertiary/aromatic N) is 1. The van der Waals surface area contributed by atoms with Gasteiger partial charge >= 0.3 is 0 Å². The maximum absolute atomic E-state index is 2.46. The average molecular weight is 221 g/mol. The molecule has 0 aromatic heterocycles. The molecule has 2 atom stereocenters. The first kappa shape index (κ1) is 9.29. The lowest BCUT2D eigenvalue weighted by molar-refractivity contribution is 0.648. The van der Waals surface area contributed by atoms with Gasteiger partial charge in [0.25, 0.3) is 0 Å². The number of benzene rings is 2. The molecule has 0 saturated carbocycles. The van der Waals surface area contributed by atoms with Crippen LogP contribution in [0, 0.1) is 0 Å². The van der Waals surface area contributed by atoms with Gasteiger partial charge in [-0.2, -0.15) is 0 Å². The normalized spacial score (nSPS) is 24.4. The average Bonchev–Trinajstić information content (AvgIpc) is 2.88. The molecule has 17 heavy (non-hydrogen) atoms. The number of para-hydroxylation sites is 1. The standard InChI is InChI=1S/C16H15N/c1-17-14-9-5-4-8-13(14)16-12-7-3-2-6-11(12)10-15(16)17/h2-9,15-16H,10H2,1H3/t15-,16-/m1/s1. The highest BCUT2D eigenvalue weighted by atomic mass is 15.2. The van der Waals surface area contributed by atoms with E-state index < -0.39 is 0 Å². The van der Waals surface area contributed by atoms with Crippen LogP contribution < -0.4 is 4.90 Å². The highest BCUT2D eigenvalue weighted by Crippen LogP contribution is 2.49. The Balaban J connectivity index is 1.95. The van der Waals surface area contributed by atoms with Crippen LogP contribution >= 0.6 is 0 Å². The van der Waals surface area contributed by atoms with Gasteiger partial charge in [-0.05, 0) is 29.2 Å². The van der Waals surface area contributed by atoms with Gasteiger partial charge in [0, 0.05) is 24.7 Å². The monoisotopic (exact) mass is 221 g/mol. The third-order valence-electron chi connectivity index (χ3n) is 4.35. The molecule has 2 aliphatic rings. The molecule has 2 aromatic rings. The second-order valence-corrected chi connectivity index (χ2v) is 5.12. The third kappa shape index (κ3) is 1.09. The van der Waals surface area contributed by atoms with E-state index in [4.69, 9.17) is 0 Å². The van der Waals surface area contributed by atoms with E-state index in [0.29, 0.717) is 12.0 Å². The third-order valence-corrected chi connectivity index (χ3v) is 4.35. The molecule has 1 aliphatic heterocycles. The van der Waals surface area contributed by atoms with Crippen LogP contribution in [-0.4, -0.2) is 13.1 Å². The molecule has 4 rings (SSSR count). The molecule has 0 saturated heterocycles. The molecular formula is C16H15N. The van der Waals surface area contributed by atoms with Crippen molar-refractivity contribution < 1.29 is 0 Å². The van der Waals surface area contributed by atoms with Crippen molar-refractivity contribution in [1.82, 2.24) is 0 Å². The number of rotatable bonds is 0. The summed E-state index contributed by atoms with van der Waals surface area (Å²) < 4.78 is 0. The van der Waals surface area contributed by atoms with Gasteiger partial charge in [-0.1, -0.05) is 42.5 Å². The predicted molar refractivity (Wildman–Crippen MR) is 70.6 cm³/mol. The van der Waals surface area contributed by atoms with Gasteiger partial charge in [0.2, 0.25) is 0 Å². The van der Waals surface area contributed by atoms with Gasteiger partial charge in [-0.15, -0.1) is 0 Å². The number of fused-ring (bicyclic) bond motifs is 5. The van der Waals surface area contributed by atoms with Crippen LogP contribution in [0.1, 0.15) is 22.6 Å². The van der Waals surface area contributed by atoms with E-state index in [1.165, 1.54) is 28.8 Å². The molecule has 0 bridgehead atoms. The van der Waals surface area contributed by atoms with Crippen molar-refractivity contribution in [2.45, 2.75) is 18.4 Å². The smallest absolute Gasteiger partial charge is 0.0437 e. The summed E-state index contributed by atoms with van der Waals surface area (Å²) >= 11 is 0. The summed E-state index contributed by atoms with van der Waals surface area (Å²) in [4.78, 5) is 2.46. The van der Waals surface area contributed by atoms with Crippen molar-refractivity contribution in [3.8, 4) is 0 Å². The van der Waals surface area contributed by atoms with Gasteiger partial charge in [-0.3, -0.25) is 0 Å². The molecule has 0 spiro atoms. The Labute approximate surface area is 102 Å². The largest absolute Gasteiger partial charge is 0.370 e. The Morgan fingerprint density at radius 2 is 1.65 bits per heavy atom. The Kier molecular flexibility index (Phi) is 1.71. The zero-order valence-electron chi connectivity index (χ0n) is 9.93. The highest BCUT2D eigenvalue weighted by Gasteiger charge is 2.42. The summed E-state index contributed by atoms with van der Waals surface area (Å²) in [5.41, 5.74) is 5.99. The number of hydrogen-bond donors (Lipinski definition) is 0. The van der Waals surface area contributed by atoms with E-state index in [9.17, 15) is 0 Å². The van der Waals surface area contributed by atoms with Crippen LogP contribution in [0.2, 0.25) is 0 Å². The van der Waals surface area contributed by atoms with Crippen LogP contribution in [0.15, 0.2) is 48.5 Å². The molecule has 2 aromatic carbocycles. The summed E-state index contributed by atoms with van der Waals surface area (Å²) in [6.45, 7) is 0. The first-order valence-electron chi connectivity index (χ1n) is 6.26. The fourth-order valence-electron chi connectivity index (χ4n) is 3.56. The molecule has 0 radical (unpaired) electrons. The molecule has 1 nitrogen and oxygen atoms in total.